The number of ether oxygens (including phenoxy) is 1. The van der Waals surface area contributed by atoms with Gasteiger partial charge in [0.2, 0.25) is 5.91 Å². The highest BCUT2D eigenvalue weighted by atomic mass is 16.5. The van der Waals surface area contributed by atoms with E-state index in [0.717, 1.165) is 17.7 Å². The monoisotopic (exact) mass is 378 g/mol. The first-order valence-corrected chi connectivity index (χ1v) is 9.98. The molecule has 3 rings (SSSR count). The van der Waals surface area contributed by atoms with Gasteiger partial charge in [0.05, 0.1) is 6.61 Å². The van der Waals surface area contributed by atoms with Crippen molar-refractivity contribution in [3.63, 3.8) is 0 Å². The highest BCUT2D eigenvalue weighted by molar-refractivity contribution is 5.80. The maximum Gasteiger partial charge on any atom is 0.220 e. The number of amides is 1. The molecule has 0 bridgehead atoms. The van der Waals surface area contributed by atoms with Crippen LogP contribution in [0.15, 0.2) is 54.7 Å². The summed E-state index contributed by atoms with van der Waals surface area (Å²) in [5.74, 6) is 0.931. The number of aromatic amines is 1. The maximum atomic E-state index is 12.0. The zero-order chi connectivity index (χ0) is 20.0. The number of H-pyrrole nitrogens is 1. The van der Waals surface area contributed by atoms with Gasteiger partial charge in [-0.3, -0.25) is 4.79 Å². The summed E-state index contributed by atoms with van der Waals surface area (Å²) in [5.41, 5.74) is 3.78. The molecule has 1 amide bonds. The first-order chi connectivity index (χ1) is 13.4. The number of carbonyl (C=O) groups excluding carboxylic acids is 1. The van der Waals surface area contributed by atoms with Crippen molar-refractivity contribution in [3.8, 4) is 5.75 Å². The molecule has 0 aliphatic heterocycles. The van der Waals surface area contributed by atoms with E-state index in [4.69, 9.17) is 4.74 Å². The Kier molecular flexibility index (Phi) is 6.40. The second kappa shape index (κ2) is 8.96. The fourth-order valence-electron chi connectivity index (χ4n) is 3.16. The van der Waals surface area contributed by atoms with Crippen LogP contribution in [-0.4, -0.2) is 24.0 Å². The predicted octanol–water partition coefficient (Wildman–Crippen LogP) is 4.98. The molecular formula is C24H30N2O2. The van der Waals surface area contributed by atoms with E-state index < -0.39 is 0 Å². The molecule has 2 aromatic carbocycles. The minimum atomic E-state index is 0.0765. The van der Waals surface area contributed by atoms with Gasteiger partial charge in [-0.2, -0.15) is 0 Å². The number of rotatable bonds is 8. The van der Waals surface area contributed by atoms with Gasteiger partial charge in [0.1, 0.15) is 5.75 Å². The quantitative estimate of drug-likeness (QED) is 0.543. The van der Waals surface area contributed by atoms with Crippen LogP contribution in [0, 0.1) is 0 Å². The Labute approximate surface area is 167 Å². The Morgan fingerprint density at radius 2 is 1.86 bits per heavy atom. The predicted molar refractivity (Wildman–Crippen MR) is 115 cm³/mol. The van der Waals surface area contributed by atoms with Crippen LogP contribution in [0.3, 0.4) is 0 Å². The standard InChI is InChI=1S/C24H30N2O2/c1-24(2,3)20-8-10-21(11-9-20)28-16-4-5-23(27)26-14-12-18-6-7-19-13-15-25-22(19)17-18/h6-11,13,15,17,25H,4-5,12,14,16H2,1-3H3,(H,26,27). The number of benzene rings is 2. The Hall–Kier alpha value is -2.75. The SMILES string of the molecule is CC(C)(C)c1ccc(OCCCC(=O)NCCc2ccc3cc[nH]c3c2)cc1. The first-order valence-electron chi connectivity index (χ1n) is 9.98. The number of nitrogens with one attached hydrogen (secondary N) is 2. The lowest BCUT2D eigenvalue weighted by Crippen LogP contribution is -2.25. The molecule has 0 aliphatic carbocycles. The van der Waals surface area contributed by atoms with Crippen molar-refractivity contribution in [3.05, 3.63) is 65.9 Å². The number of aromatic nitrogens is 1. The number of hydrogen-bond donors (Lipinski definition) is 2. The van der Waals surface area contributed by atoms with Crippen LogP contribution in [-0.2, 0) is 16.6 Å². The van der Waals surface area contributed by atoms with Gasteiger partial charge < -0.3 is 15.0 Å². The largest absolute Gasteiger partial charge is 0.494 e. The van der Waals surface area contributed by atoms with Crippen molar-refractivity contribution in [2.75, 3.05) is 13.2 Å². The maximum absolute atomic E-state index is 12.0. The van der Waals surface area contributed by atoms with E-state index in [1.807, 2.05) is 18.3 Å². The van der Waals surface area contributed by atoms with Crippen LogP contribution in [0.25, 0.3) is 10.9 Å². The Morgan fingerprint density at radius 1 is 1.07 bits per heavy atom. The van der Waals surface area contributed by atoms with Gasteiger partial charge in [-0.25, -0.2) is 0 Å². The first kappa shape index (κ1) is 20.0. The third-order valence-corrected chi connectivity index (χ3v) is 4.89. The van der Waals surface area contributed by atoms with E-state index in [1.54, 1.807) is 0 Å². The summed E-state index contributed by atoms with van der Waals surface area (Å²) < 4.78 is 5.75. The van der Waals surface area contributed by atoms with Gasteiger partial charge in [-0.15, -0.1) is 0 Å². The molecule has 0 saturated carbocycles. The number of fused-ring (bicyclic) bond motifs is 1. The van der Waals surface area contributed by atoms with Crippen molar-refractivity contribution in [1.29, 1.82) is 0 Å². The second-order valence-corrected chi connectivity index (χ2v) is 8.23. The van der Waals surface area contributed by atoms with Crippen molar-refractivity contribution >= 4 is 16.8 Å². The number of carbonyl (C=O) groups is 1. The zero-order valence-corrected chi connectivity index (χ0v) is 17.0. The van der Waals surface area contributed by atoms with E-state index in [9.17, 15) is 4.79 Å². The summed E-state index contributed by atoms with van der Waals surface area (Å²) in [4.78, 5) is 15.2. The fourth-order valence-corrected chi connectivity index (χ4v) is 3.16. The lowest BCUT2D eigenvalue weighted by Gasteiger charge is -2.19. The third-order valence-electron chi connectivity index (χ3n) is 4.89. The van der Waals surface area contributed by atoms with Gasteiger partial charge in [0.15, 0.2) is 0 Å². The third kappa shape index (κ3) is 5.62. The Balaban J connectivity index is 1.32. The van der Waals surface area contributed by atoms with Crippen molar-refractivity contribution in [2.24, 2.45) is 0 Å². The van der Waals surface area contributed by atoms with E-state index in [2.05, 4.69) is 67.5 Å². The molecule has 0 aliphatic rings. The van der Waals surface area contributed by atoms with E-state index in [1.165, 1.54) is 16.5 Å². The van der Waals surface area contributed by atoms with Crippen LogP contribution in [0.5, 0.6) is 5.75 Å². The van der Waals surface area contributed by atoms with Crippen molar-refractivity contribution in [2.45, 2.75) is 45.4 Å². The van der Waals surface area contributed by atoms with E-state index in [0.29, 0.717) is 26.0 Å². The van der Waals surface area contributed by atoms with Crippen molar-refractivity contribution in [1.82, 2.24) is 10.3 Å². The van der Waals surface area contributed by atoms with Crippen LogP contribution < -0.4 is 10.1 Å². The number of hydrogen-bond acceptors (Lipinski definition) is 2. The second-order valence-electron chi connectivity index (χ2n) is 8.23. The summed E-state index contributed by atoms with van der Waals surface area (Å²) >= 11 is 0. The molecule has 1 aromatic heterocycles. The topological polar surface area (TPSA) is 54.1 Å². The molecule has 1 heterocycles. The molecule has 0 atom stereocenters. The summed E-state index contributed by atoms with van der Waals surface area (Å²) in [5, 5.41) is 4.20. The molecule has 0 spiro atoms. The lowest BCUT2D eigenvalue weighted by atomic mass is 9.87. The molecule has 4 nitrogen and oxygen atoms in total. The average molecular weight is 379 g/mol. The molecule has 148 valence electrons. The Morgan fingerprint density at radius 3 is 2.61 bits per heavy atom. The van der Waals surface area contributed by atoms with Crippen molar-refractivity contribution < 1.29 is 9.53 Å². The smallest absolute Gasteiger partial charge is 0.220 e. The zero-order valence-electron chi connectivity index (χ0n) is 17.0. The van der Waals surface area contributed by atoms with Gasteiger partial charge in [-0.1, -0.05) is 45.0 Å². The van der Waals surface area contributed by atoms with E-state index >= 15 is 0 Å². The summed E-state index contributed by atoms with van der Waals surface area (Å²) in [6, 6.07) is 16.6. The summed E-state index contributed by atoms with van der Waals surface area (Å²) in [7, 11) is 0. The van der Waals surface area contributed by atoms with E-state index in [-0.39, 0.29) is 11.3 Å². The van der Waals surface area contributed by atoms with Crippen LogP contribution in [0.1, 0.15) is 44.7 Å². The summed E-state index contributed by atoms with van der Waals surface area (Å²) in [6.45, 7) is 7.78. The molecule has 4 heteroatoms. The van der Waals surface area contributed by atoms with Gasteiger partial charge in [0, 0.05) is 24.7 Å². The molecule has 0 saturated heterocycles. The highest BCUT2D eigenvalue weighted by Gasteiger charge is 2.12. The molecule has 3 aromatic rings. The average Bonchev–Trinajstić information content (AvgIpc) is 3.13. The fraction of sp³-hybridized carbons (Fsp3) is 0.375. The molecular weight excluding hydrogens is 348 g/mol. The molecule has 0 unspecified atom stereocenters. The molecule has 0 fully saturated rings. The molecule has 2 N–H and O–H groups in total. The van der Waals surface area contributed by atoms with Gasteiger partial charge in [0.25, 0.3) is 0 Å². The highest BCUT2D eigenvalue weighted by Crippen LogP contribution is 2.24. The normalized spacial score (nSPS) is 11.5. The molecule has 0 radical (unpaired) electrons. The minimum absolute atomic E-state index is 0.0765. The van der Waals surface area contributed by atoms with Gasteiger partial charge >= 0.3 is 0 Å². The minimum Gasteiger partial charge on any atom is -0.494 e. The van der Waals surface area contributed by atoms with Gasteiger partial charge in [-0.05, 0) is 59.0 Å². The van der Waals surface area contributed by atoms with Crippen LogP contribution >= 0.6 is 0 Å². The Bertz CT molecular complexity index is 904. The lowest BCUT2D eigenvalue weighted by molar-refractivity contribution is -0.121. The van der Waals surface area contributed by atoms with Crippen LogP contribution in [0.2, 0.25) is 0 Å². The van der Waals surface area contributed by atoms with Crippen LogP contribution in [0.4, 0.5) is 0 Å². The molecule has 28 heavy (non-hydrogen) atoms. The summed E-state index contributed by atoms with van der Waals surface area (Å²) in [6.07, 6.45) is 3.96.